The highest BCUT2D eigenvalue weighted by Gasteiger charge is 2.43. The molecule has 164 valence electrons. The van der Waals surface area contributed by atoms with Gasteiger partial charge < -0.3 is 5.32 Å². The number of rotatable bonds is 3. The number of fused-ring (bicyclic) bond motifs is 1. The number of sulfonamides is 1. The second-order valence-electron chi connectivity index (χ2n) is 8.28. The Morgan fingerprint density at radius 2 is 1.81 bits per heavy atom. The standard InChI is InChI=1S/C25H24N2O3S2/c1-16-12-13-18(15-17(16)2)32(29,30)27-21-9-4-3-7-19(21)26-20-8-5-10-22(28)24(20)25(27)23-11-6-14-31-23/h3-4,6-7,9,11-15,25-26H,5,8,10H2,1-2H3. The van der Waals surface area contributed by atoms with E-state index in [0.29, 0.717) is 23.4 Å². The first kappa shape index (κ1) is 21.0. The molecule has 5 nitrogen and oxygen atoms in total. The lowest BCUT2D eigenvalue weighted by Gasteiger charge is -2.33. The zero-order chi connectivity index (χ0) is 22.5. The van der Waals surface area contributed by atoms with Gasteiger partial charge in [0.05, 0.1) is 16.3 Å². The van der Waals surface area contributed by atoms with Crippen molar-refractivity contribution in [2.75, 3.05) is 9.62 Å². The van der Waals surface area contributed by atoms with Crippen LogP contribution >= 0.6 is 11.3 Å². The van der Waals surface area contributed by atoms with Gasteiger partial charge >= 0.3 is 0 Å². The number of hydrogen-bond acceptors (Lipinski definition) is 5. The number of thiophene rings is 1. The van der Waals surface area contributed by atoms with E-state index in [2.05, 4.69) is 5.32 Å². The predicted octanol–water partition coefficient (Wildman–Crippen LogP) is 5.73. The lowest BCUT2D eigenvalue weighted by atomic mass is 9.89. The van der Waals surface area contributed by atoms with Gasteiger partial charge in [-0.3, -0.25) is 9.10 Å². The predicted molar refractivity (Wildman–Crippen MR) is 129 cm³/mol. The fourth-order valence-corrected chi connectivity index (χ4v) is 7.06. The number of allylic oxidation sites excluding steroid dienone is 1. The fraction of sp³-hybridized carbons (Fsp3) is 0.240. The molecule has 3 aromatic rings. The number of carbonyl (C=O) groups excluding carboxylic acids is 1. The highest BCUT2D eigenvalue weighted by Crippen LogP contribution is 2.48. The third kappa shape index (κ3) is 3.36. The van der Waals surface area contributed by atoms with E-state index in [0.717, 1.165) is 34.5 Å². The number of nitrogens with zero attached hydrogens (tertiary/aromatic N) is 1. The quantitative estimate of drug-likeness (QED) is 0.537. The van der Waals surface area contributed by atoms with Gasteiger partial charge in [0.15, 0.2) is 5.78 Å². The number of carbonyl (C=O) groups is 1. The molecular weight excluding hydrogens is 440 g/mol. The van der Waals surface area contributed by atoms with Gasteiger partial charge in [-0.15, -0.1) is 11.3 Å². The van der Waals surface area contributed by atoms with Crippen LogP contribution in [0, 0.1) is 13.8 Å². The molecule has 0 amide bonds. The fourth-order valence-electron chi connectivity index (χ4n) is 4.46. The summed E-state index contributed by atoms with van der Waals surface area (Å²) in [4.78, 5) is 14.3. The van der Waals surface area contributed by atoms with Crippen molar-refractivity contribution in [1.29, 1.82) is 0 Å². The summed E-state index contributed by atoms with van der Waals surface area (Å²) < 4.78 is 29.9. The van der Waals surface area contributed by atoms with Crippen molar-refractivity contribution < 1.29 is 13.2 Å². The van der Waals surface area contributed by atoms with Crippen LogP contribution in [-0.2, 0) is 14.8 Å². The van der Waals surface area contributed by atoms with Gasteiger partial charge in [0.2, 0.25) is 0 Å². The van der Waals surface area contributed by atoms with E-state index in [4.69, 9.17) is 0 Å². The highest BCUT2D eigenvalue weighted by molar-refractivity contribution is 7.92. The molecule has 0 saturated carbocycles. The van der Waals surface area contributed by atoms with Crippen LogP contribution in [0.15, 0.2) is 76.1 Å². The zero-order valence-electron chi connectivity index (χ0n) is 18.0. The second kappa shape index (κ2) is 7.90. The molecular formula is C25H24N2O3S2. The molecule has 1 aromatic heterocycles. The molecule has 32 heavy (non-hydrogen) atoms. The summed E-state index contributed by atoms with van der Waals surface area (Å²) in [6.45, 7) is 3.87. The van der Waals surface area contributed by atoms with E-state index in [-0.39, 0.29) is 10.7 Å². The number of benzene rings is 2. The van der Waals surface area contributed by atoms with Crippen molar-refractivity contribution in [3.8, 4) is 0 Å². The van der Waals surface area contributed by atoms with Crippen LogP contribution in [-0.4, -0.2) is 14.2 Å². The Morgan fingerprint density at radius 1 is 1.00 bits per heavy atom. The van der Waals surface area contributed by atoms with Crippen LogP contribution in [0.1, 0.15) is 41.3 Å². The maximum absolute atomic E-state index is 14.2. The smallest absolute Gasteiger partial charge is 0.265 e. The Balaban J connectivity index is 1.82. The highest BCUT2D eigenvalue weighted by atomic mass is 32.2. The molecule has 2 heterocycles. The molecule has 0 saturated heterocycles. The van der Waals surface area contributed by atoms with E-state index in [1.54, 1.807) is 12.1 Å². The van der Waals surface area contributed by atoms with Gasteiger partial charge in [-0.25, -0.2) is 8.42 Å². The van der Waals surface area contributed by atoms with E-state index in [1.165, 1.54) is 15.6 Å². The molecule has 1 aliphatic carbocycles. The van der Waals surface area contributed by atoms with E-state index >= 15 is 0 Å². The number of hydrogen-bond donors (Lipinski definition) is 1. The topological polar surface area (TPSA) is 66.5 Å². The summed E-state index contributed by atoms with van der Waals surface area (Å²) >= 11 is 1.47. The van der Waals surface area contributed by atoms with Crippen molar-refractivity contribution in [3.05, 3.63) is 87.3 Å². The molecule has 1 unspecified atom stereocenters. The Hall–Kier alpha value is -2.90. The molecule has 2 aromatic carbocycles. The van der Waals surface area contributed by atoms with Crippen molar-refractivity contribution in [3.63, 3.8) is 0 Å². The summed E-state index contributed by atoms with van der Waals surface area (Å²) in [6.07, 6.45) is 1.90. The Morgan fingerprint density at radius 3 is 2.56 bits per heavy atom. The van der Waals surface area contributed by atoms with Crippen LogP contribution in [0.5, 0.6) is 0 Å². The van der Waals surface area contributed by atoms with Crippen LogP contribution in [0.4, 0.5) is 11.4 Å². The minimum atomic E-state index is -3.97. The molecule has 0 radical (unpaired) electrons. The van der Waals surface area contributed by atoms with Gasteiger partial charge in [0, 0.05) is 22.6 Å². The van der Waals surface area contributed by atoms with Crippen molar-refractivity contribution in [2.24, 2.45) is 0 Å². The molecule has 2 aliphatic rings. The Kier molecular flexibility index (Phi) is 5.18. The SMILES string of the molecule is Cc1ccc(S(=O)(=O)N2c3ccccc3NC3=C(C(=O)CCC3)C2c2cccs2)cc1C. The first-order chi connectivity index (χ1) is 15.4. The van der Waals surface area contributed by atoms with E-state index in [1.807, 2.05) is 61.7 Å². The van der Waals surface area contributed by atoms with Gasteiger partial charge in [-0.05, 0) is 73.5 Å². The molecule has 1 atom stereocenters. The molecule has 1 aliphatic heterocycles. The Bertz CT molecular complexity index is 1340. The third-order valence-electron chi connectivity index (χ3n) is 6.24. The van der Waals surface area contributed by atoms with Crippen molar-refractivity contribution in [1.82, 2.24) is 0 Å². The first-order valence-electron chi connectivity index (χ1n) is 10.7. The average molecular weight is 465 g/mol. The number of anilines is 2. The maximum Gasteiger partial charge on any atom is 0.265 e. The molecule has 5 rings (SSSR count). The number of aryl methyl sites for hydroxylation is 2. The summed E-state index contributed by atoms with van der Waals surface area (Å²) in [5.41, 5.74) is 4.57. The monoisotopic (exact) mass is 464 g/mol. The molecule has 0 bridgehead atoms. The number of nitrogens with one attached hydrogen (secondary N) is 1. The van der Waals surface area contributed by atoms with Crippen LogP contribution in [0.25, 0.3) is 0 Å². The molecule has 0 fully saturated rings. The van der Waals surface area contributed by atoms with Crippen molar-refractivity contribution >= 4 is 38.5 Å². The van der Waals surface area contributed by atoms with Crippen LogP contribution in [0.2, 0.25) is 0 Å². The lowest BCUT2D eigenvalue weighted by Crippen LogP contribution is -2.37. The van der Waals surface area contributed by atoms with E-state index < -0.39 is 16.1 Å². The average Bonchev–Trinajstić information content (AvgIpc) is 3.24. The first-order valence-corrected chi connectivity index (χ1v) is 13.0. The Labute approximate surface area is 192 Å². The maximum atomic E-state index is 14.2. The van der Waals surface area contributed by atoms with E-state index in [9.17, 15) is 13.2 Å². The van der Waals surface area contributed by atoms with Gasteiger partial charge in [0.25, 0.3) is 10.0 Å². The summed E-state index contributed by atoms with van der Waals surface area (Å²) in [7, 11) is -3.97. The molecule has 1 N–H and O–H groups in total. The molecule has 7 heteroatoms. The molecule has 0 spiro atoms. The summed E-state index contributed by atoms with van der Waals surface area (Å²) in [5, 5.41) is 5.34. The largest absolute Gasteiger partial charge is 0.357 e. The zero-order valence-corrected chi connectivity index (χ0v) is 19.6. The third-order valence-corrected chi connectivity index (χ3v) is 8.94. The number of para-hydroxylation sites is 2. The normalized spacial score (nSPS) is 18.6. The van der Waals surface area contributed by atoms with Gasteiger partial charge in [0.1, 0.15) is 6.04 Å². The number of Topliss-reactive ketones (excluding diaryl/α,β-unsaturated/α-hetero) is 1. The van der Waals surface area contributed by atoms with Gasteiger partial charge in [-0.2, -0.15) is 0 Å². The minimum absolute atomic E-state index is 0.00485. The van der Waals surface area contributed by atoms with Crippen LogP contribution in [0.3, 0.4) is 0 Å². The number of ketones is 1. The van der Waals surface area contributed by atoms with Crippen molar-refractivity contribution in [2.45, 2.75) is 44.0 Å². The second-order valence-corrected chi connectivity index (χ2v) is 11.1. The van der Waals surface area contributed by atoms with Crippen LogP contribution < -0.4 is 9.62 Å². The summed E-state index contributed by atoms with van der Waals surface area (Å²) in [6, 6.07) is 15.7. The van der Waals surface area contributed by atoms with Gasteiger partial charge in [-0.1, -0.05) is 24.3 Å². The lowest BCUT2D eigenvalue weighted by molar-refractivity contribution is -0.116. The minimum Gasteiger partial charge on any atom is -0.357 e. The summed E-state index contributed by atoms with van der Waals surface area (Å²) in [5.74, 6) is 0.00485.